The first kappa shape index (κ1) is 14.8. The molecule has 5 heteroatoms. The van der Waals surface area contributed by atoms with E-state index in [4.69, 9.17) is 9.84 Å². The van der Waals surface area contributed by atoms with Gasteiger partial charge in [-0.25, -0.2) is 9.78 Å². The first-order chi connectivity index (χ1) is 10.6. The van der Waals surface area contributed by atoms with Gasteiger partial charge in [-0.15, -0.1) is 0 Å². The molecule has 1 aromatic heterocycles. The molecule has 0 amide bonds. The minimum Gasteiger partial charge on any atom is -0.478 e. The highest BCUT2D eigenvalue weighted by Crippen LogP contribution is 2.19. The molecule has 0 aliphatic carbocycles. The summed E-state index contributed by atoms with van der Waals surface area (Å²) < 4.78 is 5.80. The zero-order valence-electron chi connectivity index (χ0n) is 12.7. The third-order valence-corrected chi connectivity index (χ3v) is 4.15. The van der Waals surface area contributed by atoms with E-state index in [-0.39, 0.29) is 5.56 Å². The van der Waals surface area contributed by atoms with E-state index >= 15 is 0 Å². The Hall–Kier alpha value is -2.14. The number of pyridine rings is 1. The van der Waals surface area contributed by atoms with Gasteiger partial charge in [0.2, 0.25) is 5.88 Å². The van der Waals surface area contributed by atoms with Gasteiger partial charge in [-0.2, -0.15) is 0 Å². The molecule has 116 valence electrons. The van der Waals surface area contributed by atoms with Crippen LogP contribution in [-0.4, -0.2) is 46.7 Å². The normalized spacial score (nSPS) is 16.8. The number of hydrogen-bond acceptors (Lipinski definition) is 4. The van der Waals surface area contributed by atoms with Crippen LogP contribution in [0, 0.1) is 0 Å². The van der Waals surface area contributed by atoms with Gasteiger partial charge in [-0.05, 0) is 57.1 Å². The second-order valence-corrected chi connectivity index (χ2v) is 5.77. The van der Waals surface area contributed by atoms with Crippen molar-refractivity contribution in [2.24, 2.45) is 0 Å². The number of hydrogen-bond donors (Lipinski definition) is 1. The predicted molar refractivity (Wildman–Crippen MR) is 84.5 cm³/mol. The molecular weight excluding hydrogens is 280 g/mol. The van der Waals surface area contributed by atoms with Crippen molar-refractivity contribution >= 4 is 16.9 Å². The van der Waals surface area contributed by atoms with Crippen LogP contribution in [0.2, 0.25) is 0 Å². The molecule has 0 saturated carbocycles. The summed E-state index contributed by atoms with van der Waals surface area (Å²) >= 11 is 0. The summed E-state index contributed by atoms with van der Waals surface area (Å²) in [5, 5.41) is 9.80. The smallest absolute Gasteiger partial charge is 0.335 e. The minimum atomic E-state index is -0.929. The number of carboxylic acids is 1. The number of carbonyl (C=O) groups is 1. The average Bonchev–Trinajstić information content (AvgIpc) is 3.06. The molecule has 0 bridgehead atoms. The van der Waals surface area contributed by atoms with Crippen molar-refractivity contribution in [3.63, 3.8) is 0 Å². The highest BCUT2D eigenvalue weighted by Gasteiger charge is 2.18. The molecule has 1 saturated heterocycles. The van der Waals surface area contributed by atoms with E-state index in [2.05, 4.69) is 16.8 Å². The van der Waals surface area contributed by atoms with Crippen LogP contribution < -0.4 is 4.74 Å². The summed E-state index contributed by atoms with van der Waals surface area (Å²) in [7, 11) is 0. The number of fused-ring (bicyclic) bond motifs is 1. The fraction of sp³-hybridized carbons (Fsp3) is 0.412. The number of aromatic carboxylic acids is 1. The largest absolute Gasteiger partial charge is 0.478 e. The molecule has 22 heavy (non-hydrogen) atoms. The first-order valence-electron chi connectivity index (χ1n) is 7.64. The third kappa shape index (κ3) is 3.20. The van der Waals surface area contributed by atoms with Crippen molar-refractivity contribution in [3.8, 4) is 5.88 Å². The maximum Gasteiger partial charge on any atom is 0.335 e. The lowest BCUT2D eigenvalue weighted by Crippen LogP contribution is -2.34. The Morgan fingerprint density at radius 1 is 1.32 bits per heavy atom. The standard InChI is InChI=1S/C17H20N2O3/c1-12(19-8-2-3-9-19)11-22-16-7-5-13-10-14(17(20)21)4-6-15(13)18-16/h4-7,10,12H,2-3,8-9,11H2,1H3,(H,20,21). The Balaban J connectivity index is 1.69. The van der Waals surface area contributed by atoms with Crippen LogP contribution in [0.1, 0.15) is 30.1 Å². The monoisotopic (exact) mass is 300 g/mol. The predicted octanol–water partition coefficient (Wildman–Crippen LogP) is 2.80. The van der Waals surface area contributed by atoms with E-state index < -0.39 is 5.97 Å². The highest BCUT2D eigenvalue weighted by atomic mass is 16.5. The highest BCUT2D eigenvalue weighted by molar-refractivity contribution is 5.93. The van der Waals surface area contributed by atoms with E-state index in [1.54, 1.807) is 24.3 Å². The lowest BCUT2D eigenvalue weighted by molar-refractivity contribution is 0.0697. The fourth-order valence-corrected chi connectivity index (χ4v) is 2.81. The number of ether oxygens (including phenoxy) is 1. The van der Waals surface area contributed by atoms with E-state index in [1.165, 1.54) is 12.8 Å². The molecule has 1 aliphatic heterocycles. The van der Waals surface area contributed by atoms with Gasteiger partial charge >= 0.3 is 5.97 Å². The van der Waals surface area contributed by atoms with Crippen LogP contribution >= 0.6 is 0 Å². The van der Waals surface area contributed by atoms with Crippen LogP contribution in [0.3, 0.4) is 0 Å². The minimum absolute atomic E-state index is 0.269. The molecular formula is C17H20N2O3. The Kier molecular flexibility index (Phi) is 4.24. The molecule has 2 heterocycles. The van der Waals surface area contributed by atoms with E-state index in [9.17, 15) is 4.79 Å². The van der Waals surface area contributed by atoms with Crippen molar-refractivity contribution in [2.75, 3.05) is 19.7 Å². The zero-order valence-corrected chi connectivity index (χ0v) is 12.7. The van der Waals surface area contributed by atoms with E-state index in [1.807, 2.05) is 6.07 Å². The molecule has 1 aromatic carbocycles. The Labute approximate surface area is 129 Å². The number of carboxylic acid groups (broad SMARTS) is 1. The molecule has 1 aliphatic rings. The number of likely N-dealkylation sites (tertiary alicyclic amines) is 1. The van der Waals surface area contributed by atoms with Gasteiger partial charge in [0.25, 0.3) is 0 Å². The quantitative estimate of drug-likeness (QED) is 0.920. The van der Waals surface area contributed by atoms with Gasteiger partial charge in [0.1, 0.15) is 6.61 Å². The molecule has 5 nitrogen and oxygen atoms in total. The lowest BCUT2D eigenvalue weighted by atomic mass is 10.1. The lowest BCUT2D eigenvalue weighted by Gasteiger charge is -2.23. The summed E-state index contributed by atoms with van der Waals surface area (Å²) in [5.41, 5.74) is 1.02. The molecule has 1 fully saturated rings. The molecule has 3 rings (SSSR count). The van der Waals surface area contributed by atoms with Gasteiger partial charge in [0, 0.05) is 17.5 Å². The van der Waals surface area contributed by atoms with Gasteiger partial charge in [-0.3, -0.25) is 4.90 Å². The summed E-state index contributed by atoms with van der Waals surface area (Å²) in [4.78, 5) is 17.8. The number of rotatable bonds is 5. The summed E-state index contributed by atoms with van der Waals surface area (Å²) in [6.07, 6.45) is 2.54. The summed E-state index contributed by atoms with van der Waals surface area (Å²) in [5.74, 6) is -0.344. The van der Waals surface area contributed by atoms with Gasteiger partial charge in [0.05, 0.1) is 11.1 Å². The molecule has 2 aromatic rings. The van der Waals surface area contributed by atoms with Crippen LogP contribution in [0.15, 0.2) is 30.3 Å². The van der Waals surface area contributed by atoms with E-state index in [0.29, 0.717) is 18.5 Å². The molecule has 1 N–H and O–H groups in total. The van der Waals surface area contributed by atoms with E-state index in [0.717, 1.165) is 24.0 Å². The summed E-state index contributed by atoms with van der Waals surface area (Å²) in [6.45, 7) is 5.08. The van der Waals surface area contributed by atoms with Crippen LogP contribution in [0.4, 0.5) is 0 Å². The zero-order chi connectivity index (χ0) is 15.5. The van der Waals surface area contributed by atoms with Crippen molar-refractivity contribution in [1.29, 1.82) is 0 Å². The maximum absolute atomic E-state index is 11.0. The van der Waals surface area contributed by atoms with Crippen molar-refractivity contribution in [3.05, 3.63) is 35.9 Å². The molecule has 1 unspecified atom stereocenters. The maximum atomic E-state index is 11.0. The van der Waals surface area contributed by atoms with Gasteiger partial charge in [-0.1, -0.05) is 0 Å². The Bertz CT molecular complexity index is 681. The fourth-order valence-electron chi connectivity index (χ4n) is 2.81. The molecule has 0 spiro atoms. The Morgan fingerprint density at radius 3 is 2.82 bits per heavy atom. The van der Waals surface area contributed by atoms with Crippen LogP contribution in [-0.2, 0) is 0 Å². The van der Waals surface area contributed by atoms with Crippen LogP contribution in [0.25, 0.3) is 10.9 Å². The second kappa shape index (κ2) is 6.32. The second-order valence-electron chi connectivity index (χ2n) is 5.77. The van der Waals surface area contributed by atoms with Crippen molar-refractivity contribution < 1.29 is 14.6 Å². The van der Waals surface area contributed by atoms with Gasteiger partial charge in [0.15, 0.2) is 0 Å². The van der Waals surface area contributed by atoms with Crippen molar-refractivity contribution in [2.45, 2.75) is 25.8 Å². The topological polar surface area (TPSA) is 62.7 Å². The third-order valence-electron chi connectivity index (χ3n) is 4.15. The van der Waals surface area contributed by atoms with Crippen molar-refractivity contribution in [1.82, 2.24) is 9.88 Å². The van der Waals surface area contributed by atoms with Crippen LogP contribution in [0.5, 0.6) is 5.88 Å². The number of aromatic nitrogens is 1. The first-order valence-corrected chi connectivity index (χ1v) is 7.64. The Morgan fingerprint density at radius 2 is 2.09 bits per heavy atom. The molecule has 0 radical (unpaired) electrons. The SMILES string of the molecule is CC(COc1ccc2cc(C(=O)O)ccc2n1)N1CCCC1. The van der Waals surface area contributed by atoms with Gasteiger partial charge < -0.3 is 9.84 Å². The number of benzene rings is 1. The average molecular weight is 300 g/mol. The summed E-state index contributed by atoms with van der Waals surface area (Å²) in [6, 6.07) is 8.94. The molecule has 1 atom stereocenters. The number of nitrogens with zero attached hydrogens (tertiary/aromatic N) is 2.